The van der Waals surface area contributed by atoms with Gasteiger partial charge in [0.15, 0.2) is 11.5 Å². The number of nitrogens with two attached hydrogens (primary N) is 2. The minimum atomic E-state index is -1.08. The van der Waals surface area contributed by atoms with Gasteiger partial charge in [-0.25, -0.2) is 4.79 Å². The minimum absolute atomic E-state index is 0.0644. The van der Waals surface area contributed by atoms with Crippen LogP contribution >= 0.6 is 0 Å². The SMILES string of the molecule is COc1ccc(CCN(CCCN2C(=O)c3c(ccc(N)c3N)C(C)(C)C2=O)C(=O)O)cc1OC. The van der Waals surface area contributed by atoms with Crippen molar-refractivity contribution in [3.05, 3.63) is 47.0 Å². The van der Waals surface area contributed by atoms with Crippen LogP contribution in [-0.2, 0) is 16.6 Å². The summed E-state index contributed by atoms with van der Waals surface area (Å²) in [4.78, 5) is 40.5. The molecule has 0 unspecified atom stereocenters. The van der Waals surface area contributed by atoms with Crippen molar-refractivity contribution in [2.45, 2.75) is 32.1 Å². The van der Waals surface area contributed by atoms with Gasteiger partial charge in [-0.2, -0.15) is 0 Å². The van der Waals surface area contributed by atoms with Crippen molar-refractivity contribution in [2.75, 3.05) is 45.3 Å². The molecule has 1 aliphatic rings. The summed E-state index contributed by atoms with van der Waals surface area (Å²) in [5.74, 6) is 0.290. The molecule has 35 heavy (non-hydrogen) atoms. The molecule has 0 radical (unpaired) electrons. The third-order valence-corrected chi connectivity index (χ3v) is 6.39. The van der Waals surface area contributed by atoms with Crippen molar-refractivity contribution in [3.63, 3.8) is 0 Å². The molecule has 0 aliphatic carbocycles. The number of hydrogen-bond acceptors (Lipinski definition) is 7. The average molecular weight is 485 g/mol. The zero-order valence-corrected chi connectivity index (χ0v) is 20.5. The Hall–Kier alpha value is -3.95. The standard InChI is InChI=1S/C25H32N4O6/c1-25(2)16-7-8-17(26)21(27)20(16)22(30)29(23(25)31)12-5-11-28(24(32)33)13-10-15-6-9-18(34-3)19(14-15)35-4/h6-9,14H,5,10-13,26-27H2,1-4H3,(H,32,33). The smallest absolute Gasteiger partial charge is 0.407 e. The van der Waals surface area contributed by atoms with Crippen LogP contribution in [0.4, 0.5) is 16.2 Å². The van der Waals surface area contributed by atoms with Crippen LogP contribution in [0.1, 0.15) is 41.8 Å². The largest absolute Gasteiger partial charge is 0.493 e. The molecule has 5 N–H and O–H groups in total. The molecular weight excluding hydrogens is 452 g/mol. The Labute approximate surface area is 204 Å². The monoisotopic (exact) mass is 484 g/mol. The number of anilines is 2. The quantitative estimate of drug-likeness (QED) is 0.363. The van der Waals surface area contributed by atoms with Crippen LogP contribution in [0, 0.1) is 0 Å². The lowest BCUT2D eigenvalue weighted by Gasteiger charge is -2.38. The summed E-state index contributed by atoms with van der Waals surface area (Å²) in [6.45, 7) is 3.92. The molecule has 0 bridgehead atoms. The van der Waals surface area contributed by atoms with E-state index in [0.29, 0.717) is 23.5 Å². The molecule has 3 rings (SSSR count). The first-order valence-electron chi connectivity index (χ1n) is 11.3. The number of carbonyl (C=O) groups is 3. The van der Waals surface area contributed by atoms with Crippen LogP contribution in [0.2, 0.25) is 0 Å². The highest BCUT2D eigenvalue weighted by atomic mass is 16.5. The van der Waals surface area contributed by atoms with E-state index in [1.54, 1.807) is 45.2 Å². The van der Waals surface area contributed by atoms with Gasteiger partial charge in [-0.05, 0) is 56.0 Å². The second-order valence-corrected chi connectivity index (χ2v) is 8.94. The molecule has 0 spiro atoms. The molecule has 2 aromatic carbocycles. The number of fused-ring (bicyclic) bond motifs is 1. The molecular formula is C25H32N4O6. The third-order valence-electron chi connectivity index (χ3n) is 6.39. The van der Waals surface area contributed by atoms with Crippen molar-refractivity contribution < 1.29 is 29.0 Å². The summed E-state index contributed by atoms with van der Waals surface area (Å²) in [6, 6.07) is 8.68. The van der Waals surface area contributed by atoms with Gasteiger partial charge in [-0.15, -0.1) is 0 Å². The van der Waals surface area contributed by atoms with Gasteiger partial charge in [0, 0.05) is 19.6 Å². The Morgan fingerprint density at radius 1 is 1.06 bits per heavy atom. The summed E-state index contributed by atoms with van der Waals surface area (Å²) >= 11 is 0. The fourth-order valence-electron chi connectivity index (χ4n) is 4.29. The zero-order valence-electron chi connectivity index (χ0n) is 20.5. The average Bonchev–Trinajstić information content (AvgIpc) is 2.83. The Balaban J connectivity index is 1.68. The van der Waals surface area contributed by atoms with Crippen molar-refractivity contribution >= 4 is 29.3 Å². The van der Waals surface area contributed by atoms with Gasteiger partial charge in [0.05, 0.1) is 36.6 Å². The Bertz CT molecular complexity index is 1150. The topological polar surface area (TPSA) is 148 Å². The molecule has 0 saturated heterocycles. The maximum atomic E-state index is 13.1. The van der Waals surface area contributed by atoms with Crippen molar-refractivity contribution in [1.82, 2.24) is 9.80 Å². The minimum Gasteiger partial charge on any atom is -0.493 e. The van der Waals surface area contributed by atoms with Gasteiger partial charge in [0.1, 0.15) is 0 Å². The fraction of sp³-hybridized carbons (Fsp3) is 0.400. The van der Waals surface area contributed by atoms with Gasteiger partial charge in [0.25, 0.3) is 5.91 Å². The first kappa shape index (κ1) is 25.7. The molecule has 1 heterocycles. The lowest BCUT2D eigenvalue weighted by Crippen LogP contribution is -2.52. The molecule has 188 valence electrons. The molecule has 2 aromatic rings. The maximum Gasteiger partial charge on any atom is 0.407 e. The normalized spacial score (nSPS) is 14.5. The number of imide groups is 1. The van der Waals surface area contributed by atoms with E-state index in [-0.39, 0.29) is 48.9 Å². The fourth-order valence-corrected chi connectivity index (χ4v) is 4.29. The maximum absolute atomic E-state index is 13.1. The Morgan fingerprint density at radius 2 is 1.74 bits per heavy atom. The van der Waals surface area contributed by atoms with Gasteiger partial charge in [-0.1, -0.05) is 12.1 Å². The molecule has 10 heteroatoms. The first-order chi connectivity index (χ1) is 16.5. The lowest BCUT2D eigenvalue weighted by molar-refractivity contribution is -0.134. The predicted octanol–water partition coefficient (Wildman–Crippen LogP) is 2.74. The van der Waals surface area contributed by atoms with Crippen molar-refractivity contribution in [3.8, 4) is 11.5 Å². The Morgan fingerprint density at radius 3 is 2.37 bits per heavy atom. The van der Waals surface area contributed by atoms with Crippen LogP contribution in [0.25, 0.3) is 0 Å². The number of benzene rings is 2. The van der Waals surface area contributed by atoms with Gasteiger partial charge in [0.2, 0.25) is 5.91 Å². The molecule has 1 aliphatic heterocycles. The van der Waals surface area contributed by atoms with E-state index < -0.39 is 17.4 Å². The van der Waals surface area contributed by atoms with Crippen molar-refractivity contribution in [2.24, 2.45) is 0 Å². The molecule has 0 aromatic heterocycles. The van der Waals surface area contributed by atoms with Crippen LogP contribution in [0.15, 0.2) is 30.3 Å². The highest BCUT2D eigenvalue weighted by molar-refractivity contribution is 6.16. The van der Waals surface area contributed by atoms with Crippen LogP contribution < -0.4 is 20.9 Å². The number of carbonyl (C=O) groups excluding carboxylic acids is 2. The van der Waals surface area contributed by atoms with E-state index in [4.69, 9.17) is 20.9 Å². The van der Waals surface area contributed by atoms with E-state index in [1.807, 2.05) is 6.07 Å². The number of nitrogen functional groups attached to an aromatic ring is 2. The number of rotatable bonds is 9. The summed E-state index contributed by atoms with van der Waals surface area (Å²) < 4.78 is 10.5. The molecule has 0 saturated carbocycles. The van der Waals surface area contributed by atoms with Crippen LogP contribution in [0.5, 0.6) is 11.5 Å². The second-order valence-electron chi connectivity index (χ2n) is 8.94. The Kier molecular flexibility index (Phi) is 7.42. The van der Waals surface area contributed by atoms with Gasteiger partial charge in [-0.3, -0.25) is 14.5 Å². The second kappa shape index (κ2) is 10.1. The van der Waals surface area contributed by atoms with E-state index in [0.717, 1.165) is 10.5 Å². The highest BCUT2D eigenvalue weighted by Gasteiger charge is 2.45. The van der Waals surface area contributed by atoms with Crippen LogP contribution in [0.3, 0.4) is 0 Å². The summed E-state index contributed by atoms with van der Waals surface area (Å²) in [7, 11) is 3.08. The number of methoxy groups -OCH3 is 2. The number of nitrogens with zero attached hydrogens (tertiary/aromatic N) is 2. The summed E-state index contributed by atoms with van der Waals surface area (Å²) in [5, 5.41) is 9.66. The predicted molar refractivity (Wildman–Crippen MR) is 132 cm³/mol. The highest BCUT2D eigenvalue weighted by Crippen LogP contribution is 2.39. The lowest BCUT2D eigenvalue weighted by atomic mass is 9.76. The first-order valence-corrected chi connectivity index (χ1v) is 11.3. The van der Waals surface area contributed by atoms with E-state index in [2.05, 4.69) is 0 Å². The van der Waals surface area contributed by atoms with Crippen LogP contribution in [-0.4, -0.2) is 66.7 Å². The number of hydrogen-bond donors (Lipinski definition) is 3. The third kappa shape index (κ3) is 4.96. The molecule has 10 nitrogen and oxygen atoms in total. The summed E-state index contributed by atoms with van der Waals surface area (Å²) in [5.41, 5.74) is 13.1. The molecule has 0 atom stereocenters. The van der Waals surface area contributed by atoms with E-state index in [1.165, 1.54) is 12.0 Å². The van der Waals surface area contributed by atoms with Gasteiger partial charge < -0.3 is 30.9 Å². The zero-order chi connectivity index (χ0) is 25.9. The molecule has 0 fully saturated rings. The number of ether oxygens (including phenoxy) is 2. The number of carboxylic acid groups (broad SMARTS) is 1. The van der Waals surface area contributed by atoms with E-state index >= 15 is 0 Å². The van der Waals surface area contributed by atoms with Gasteiger partial charge >= 0.3 is 6.09 Å². The molecule has 3 amide bonds. The van der Waals surface area contributed by atoms with E-state index in [9.17, 15) is 19.5 Å². The summed E-state index contributed by atoms with van der Waals surface area (Å²) in [6.07, 6.45) is -0.335. The number of amides is 3. The van der Waals surface area contributed by atoms with Crippen molar-refractivity contribution in [1.29, 1.82) is 0 Å².